The molecule has 0 unspecified atom stereocenters. The van der Waals surface area contributed by atoms with Crippen molar-refractivity contribution in [3.63, 3.8) is 0 Å². The molecule has 0 aliphatic rings. The lowest BCUT2D eigenvalue weighted by Gasteiger charge is -2.10. The van der Waals surface area contributed by atoms with Crippen molar-refractivity contribution in [2.24, 2.45) is 10.7 Å². The molecule has 1 rings (SSSR count). The molecule has 5 nitrogen and oxygen atoms in total. The van der Waals surface area contributed by atoms with E-state index in [1.54, 1.807) is 0 Å². The zero-order valence-corrected chi connectivity index (χ0v) is 15.0. The van der Waals surface area contributed by atoms with Crippen LogP contribution in [0.15, 0.2) is 29.3 Å². The van der Waals surface area contributed by atoms with E-state index in [2.05, 4.69) is 36.3 Å². The number of nitrogens with two attached hydrogens (primary N) is 1. The highest BCUT2D eigenvalue weighted by Crippen LogP contribution is 2.18. The summed E-state index contributed by atoms with van der Waals surface area (Å²) in [7, 11) is 0. The van der Waals surface area contributed by atoms with E-state index in [0.717, 1.165) is 12.1 Å². The Morgan fingerprint density at radius 2 is 2.14 bits per heavy atom. The molecule has 4 N–H and O–H groups in total. The fraction of sp³-hybridized carbons (Fsp3) is 0.533. The first-order valence-electron chi connectivity index (χ1n) is 6.99. The normalized spacial score (nSPS) is 11.3. The number of hydrogen-bond acceptors (Lipinski definition) is 3. The van der Waals surface area contributed by atoms with Gasteiger partial charge in [-0.2, -0.15) is 0 Å². The van der Waals surface area contributed by atoms with Crippen molar-refractivity contribution in [2.75, 3.05) is 31.7 Å². The lowest BCUT2D eigenvalue weighted by molar-refractivity contribution is 0.0918. The van der Waals surface area contributed by atoms with Crippen LogP contribution in [-0.2, 0) is 4.74 Å². The van der Waals surface area contributed by atoms with Gasteiger partial charge in [-0.05, 0) is 30.0 Å². The van der Waals surface area contributed by atoms with Gasteiger partial charge in [-0.3, -0.25) is 4.99 Å². The van der Waals surface area contributed by atoms with Gasteiger partial charge in [0.25, 0.3) is 0 Å². The van der Waals surface area contributed by atoms with Crippen molar-refractivity contribution < 1.29 is 9.84 Å². The number of aliphatic hydroxyl groups is 1. The molecule has 1 aromatic rings. The van der Waals surface area contributed by atoms with Gasteiger partial charge in [-0.25, -0.2) is 0 Å². The number of nitrogens with zero attached hydrogens (tertiary/aromatic N) is 1. The van der Waals surface area contributed by atoms with Gasteiger partial charge in [0.15, 0.2) is 5.96 Å². The molecule has 1 aromatic carbocycles. The summed E-state index contributed by atoms with van der Waals surface area (Å²) in [5.74, 6) is 0.895. The van der Waals surface area contributed by atoms with E-state index in [0.29, 0.717) is 31.6 Å². The molecule has 0 atom stereocenters. The van der Waals surface area contributed by atoms with Gasteiger partial charge in [0.1, 0.15) is 0 Å². The fourth-order valence-corrected chi connectivity index (χ4v) is 1.70. The Labute approximate surface area is 144 Å². The Kier molecular flexibility index (Phi) is 11.3. The molecule has 0 aliphatic heterocycles. The van der Waals surface area contributed by atoms with Crippen LogP contribution < -0.4 is 11.1 Å². The average molecular weight is 407 g/mol. The predicted octanol–water partition coefficient (Wildman–Crippen LogP) is 2.55. The summed E-state index contributed by atoms with van der Waals surface area (Å²) in [5, 5.41) is 11.6. The fourth-order valence-electron chi connectivity index (χ4n) is 1.70. The Bertz CT molecular complexity index is 425. The van der Waals surface area contributed by atoms with Crippen LogP contribution in [0, 0.1) is 0 Å². The molecular weight excluding hydrogens is 381 g/mol. The van der Waals surface area contributed by atoms with Crippen molar-refractivity contribution in [1.82, 2.24) is 0 Å². The highest BCUT2D eigenvalue weighted by molar-refractivity contribution is 14.0. The smallest absolute Gasteiger partial charge is 0.193 e. The van der Waals surface area contributed by atoms with Crippen LogP contribution in [0.1, 0.15) is 31.7 Å². The maximum Gasteiger partial charge on any atom is 0.193 e. The third-order valence-corrected chi connectivity index (χ3v) is 2.79. The van der Waals surface area contributed by atoms with Crippen LogP contribution in [0.5, 0.6) is 0 Å². The number of guanidine groups is 1. The Morgan fingerprint density at radius 1 is 1.38 bits per heavy atom. The first-order valence-corrected chi connectivity index (χ1v) is 6.99. The third kappa shape index (κ3) is 8.90. The van der Waals surface area contributed by atoms with E-state index in [9.17, 15) is 0 Å². The summed E-state index contributed by atoms with van der Waals surface area (Å²) in [6.45, 7) is 5.93. The third-order valence-electron chi connectivity index (χ3n) is 2.79. The van der Waals surface area contributed by atoms with E-state index in [1.807, 2.05) is 12.1 Å². The van der Waals surface area contributed by atoms with E-state index in [-0.39, 0.29) is 30.6 Å². The molecule has 0 saturated heterocycles. The van der Waals surface area contributed by atoms with Gasteiger partial charge in [0.05, 0.1) is 13.2 Å². The van der Waals surface area contributed by atoms with Gasteiger partial charge >= 0.3 is 0 Å². The molecule has 0 saturated carbocycles. The molecule has 6 heteroatoms. The van der Waals surface area contributed by atoms with E-state index >= 15 is 0 Å². The number of nitrogens with one attached hydrogen (secondary N) is 1. The number of aliphatic imine (C=N–C) groups is 1. The van der Waals surface area contributed by atoms with E-state index in [1.165, 1.54) is 5.56 Å². The number of benzene rings is 1. The van der Waals surface area contributed by atoms with E-state index < -0.39 is 0 Å². The molecule has 21 heavy (non-hydrogen) atoms. The molecule has 0 bridgehead atoms. The van der Waals surface area contributed by atoms with Gasteiger partial charge in [-0.15, -0.1) is 24.0 Å². The molecule has 0 heterocycles. The zero-order valence-electron chi connectivity index (χ0n) is 12.7. The summed E-state index contributed by atoms with van der Waals surface area (Å²) in [6.07, 6.45) is 0.786. The standard InChI is InChI=1S/C15H25N3O2.HI/c1-12(2)13-5-3-6-14(11-13)18-15(16)17-7-4-9-20-10-8-19;/h3,5-6,11-12,19H,4,7-10H2,1-2H3,(H3,16,17,18);1H. The van der Waals surface area contributed by atoms with Gasteiger partial charge < -0.3 is 20.9 Å². The van der Waals surface area contributed by atoms with Crippen molar-refractivity contribution in [3.05, 3.63) is 29.8 Å². The monoisotopic (exact) mass is 407 g/mol. The SMILES string of the molecule is CC(C)c1cccc(NC(N)=NCCCOCCO)c1.I. The number of anilines is 1. The van der Waals surface area contributed by atoms with Crippen molar-refractivity contribution >= 4 is 35.6 Å². The minimum Gasteiger partial charge on any atom is -0.394 e. The molecule has 0 aliphatic carbocycles. The molecule has 0 amide bonds. The Hall–Kier alpha value is -0.860. The first-order chi connectivity index (χ1) is 9.63. The highest BCUT2D eigenvalue weighted by atomic mass is 127. The average Bonchev–Trinajstić information content (AvgIpc) is 2.43. The second kappa shape index (κ2) is 11.8. The summed E-state index contributed by atoms with van der Waals surface area (Å²) in [4.78, 5) is 4.23. The van der Waals surface area contributed by atoms with Crippen LogP contribution >= 0.6 is 24.0 Å². The number of ether oxygens (including phenoxy) is 1. The topological polar surface area (TPSA) is 79.9 Å². The summed E-state index contributed by atoms with van der Waals surface area (Å²) in [5.41, 5.74) is 8.05. The molecule has 0 aromatic heterocycles. The Morgan fingerprint density at radius 3 is 2.81 bits per heavy atom. The first kappa shape index (κ1) is 20.1. The second-order valence-corrected chi connectivity index (χ2v) is 4.86. The van der Waals surface area contributed by atoms with Crippen molar-refractivity contribution in [3.8, 4) is 0 Å². The molecular formula is C15H26IN3O2. The van der Waals surface area contributed by atoms with Crippen LogP contribution in [0.25, 0.3) is 0 Å². The quantitative estimate of drug-likeness (QED) is 0.268. The lowest BCUT2D eigenvalue weighted by atomic mass is 10.0. The minimum absolute atomic E-state index is 0. The van der Waals surface area contributed by atoms with Crippen molar-refractivity contribution in [2.45, 2.75) is 26.2 Å². The molecule has 120 valence electrons. The predicted molar refractivity (Wildman–Crippen MR) is 98.6 cm³/mol. The van der Waals surface area contributed by atoms with E-state index in [4.69, 9.17) is 15.6 Å². The number of hydrogen-bond donors (Lipinski definition) is 3. The molecule has 0 radical (unpaired) electrons. The van der Waals surface area contributed by atoms with Crippen molar-refractivity contribution in [1.29, 1.82) is 0 Å². The van der Waals surface area contributed by atoms with Crippen LogP contribution in [-0.4, -0.2) is 37.4 Å². The molecule has 0 spiro atoms. The van der Waals surface area contributed by atoms with Crippen LogP contribution in [0.2, 0.25) is 0 Å². The second-order valence-electron chi connectivity index (χ2n) is 4.86. The summed E-state index contributed by atoms with van der Waals surface area (Å²) < 4.78 is 5.14. The van der Waals surface area contributed by atoms with Gasteiger partial charge in [0, 0.05) is 18.8 Å². The lowest BCUT2D eigenvalue weighted by Crippen LogP contribution is -2.23. The number of rotatable bonds is 8. The number of aliphatic hydroxyl groups excluding tert-OH is 1. The number of halogens is 1. The summed E-state index contributed by atoms with van der Waals surface area (Å²) in [6, 6.07) is 8.16. The Balaban J connectivity index is 0.00000400. The van der Waals surface area contributed by atoms with Crippen LogP contribution in [0.3, 0.4) is 0 Å². The minimum atomic E-state index is 0. The molecule has 0 fully saturated rings. The van der Waals surface area contributed by atoms with Crippen LogP contribution in [0.4, 0.5) is 5.69 Å². The summed E-state index contributed by atoms with van der Waals surface area (Å²) >= 11 is 0. The van der Waals surface area contributed by atoms with Gasteiger partial charge in [0.2, 0.25) is 0 Å². The van der Waals surface area contributed by atoms with Gasteiger partial charge in [-0.1, -0.05) is 26.0 Å². The maximum atomic E-state index is 8.55. The maximum absolute atomic E-state index is 8.55. The zero-order chi connectivity index (χ0) is 14.8. The highest BCUT2D eigenvalue weighted by Gasteiger charge is 2.01. The largest absolute Gasteiger partial charge is 0.394 e.